The molecule has 0 aromatic heterocycles. The number of hydrogen-bond donors (Lipinski definition) is 0. The van der Waals surface area contributed by atoms with Gasteiger partial charge in [-0.25, -0.2) is 0 Å². The fourth-order valence-electron chi connectivity index (χ4n) is 3.68. The van der Waals surface area contributed by atoms with Gasteiger partial charge < -0.3 is 4.90 Å². The Morgan fingerprint density at radius 1 is 1.21 bits per heavy atom. The second-order valence-electron chi connectivity index (χ2n) is 6.51. The normalized spacial score (nSPS) is 34.7. The van der Waals surface area contributed by atoms with Gasteiger partial charge in [-0.1, -0.05) is 20.3 Å². The molecule has 3 heteroatoms. The van der Waals surface area contributed by atoms with Crippen LogP contribution in [0.3, 0.4) is 0 Å². The molecule has 0 aromatic rings. The SMILES string of the molecule is CCC1CCC(=O)C(CN2CCN(C)C(CC)C2)C1. The quantitative estimate of drug-likeness (QED) is 0.781. The summed E-state index contributed by atoms with van der Waals surface area (Å²) >= 11 is 0. The highest BCUT2D eigenvalue weighted by Gasteiger charge is 2.31. The Morgan fingerprint density at radius 3 is 2.68 bits per heavy atom. The number of likely N-dealkylation sites (N-methyl/N-ethyl adjacent to an activating group) is 1. The van der Waals surface area contributed by atoms with E-state index in [1.165, 1.54) is 12.8 Å². The number of rotatable bonds is 4. The van der Waals surface area contributed by atoms with Gasteiger partial charge >= 0.3 is 0 Å². The van der Waals surface area contributed by atoms with Gasteiger partial charge in [0, 0.05) is 44.6 Å². The maximum atomic E-state index is 12.1. The minimum atomic E-state index is 0.319. The van der Waals surface area contributed by atoms with Gasteiger partial charge in [0.15, 0.2) is 0 Å². The third-order valence-corrected chi connectivity index (χ3v) is 5.26. The molecule has 2 fully saturated rings. The smallest absolute Gasteiger partial charge is 0.137 e. The summed E-state index contributed by atoms with van der Waals surface area (Å²) in [5.41, 5.74) is 0. The number of piperazine rings is 1. The fourth-order valence-corrected chi connectivity index (χ4v) is 3.68. The first-order chi connectivity index (χ1) is 9.13. The molecule has 0 radical (unpaired) electrons. The van der Waals surface area contributed by atoms with Gasteiger partial charge in [-0.2, -0.15) is 0 Å². The van der Waals surface area contributed by atoms with Crippen molar-refractivity contribution in [3.05, 3.63) is 0 Å². The topological polar surface area (TPSA) is 23.6 Å². The Labute approximate surface area is 118 Å². The van der Waals surface area contributed by atoms with Crippen molar-refractivity contribution >= 4 is 5.78 Å². The van der Waals surface area contributed by atoms with Crippen molar-refractivity contribution in [1.82, 2.24) is 9.80 Å². The van der Waals surface area contributed by atoms with E-state index in [2.05, 4.69) is 30.7 Å². The van der Waals surface area contributed by atoms with E-state index in [0.29, 0.717) is 17.7 Å². The van der Waals surface area contributed by atoms with Gasteiger partial charge in [-0.05, 0) is 32.2 Å². The molecular weight excluding hydrogens is 236 g/mol. The Morgan fingerprint density at radius 2 is 2.00 bits per heavy atom. The third-order valence-electron chi connectivity index (χ3n) is 5.26. The maximum absolute atomic E-state index is 12.1. The average Bonchev–Trinajstić information content (AvgIpc) is 2.43. The Balaban J connectivity index is 1.87. The summed E-state index contributed by atoms with van der Waals surface area (Å²) in [6, 6.07) is 0.675. The minimum Gasteiger partial charge on any atom is -0.301 e. The van der Waals surface area contributed by atoms with Crippen molar-refractivity contribution in [2.75, 3.05) is 33.2 Å². The van der Waals surface area contributed by atoms with E-state index in [1.807, 2.05) is 0 Å². The lowest BCUT2D eigenvalue weighted by molar-refractivity contribution is -0.126. The van der Waals surface area contributed by atoms with Gasteiger partial charge in [0.2, 0.25) is 0 Å². The van der Waals surface area contributed by atoms with Crippen LogP contribution in [0.25, 0.3) is 0 Å². The monoisotopic (exact) mass is 266 g/mol. The summed E-state index contributed by atoms with van der Waals surface area (Å²) in [5, 5.41) is 0. The molecule has 110 valence electrons. The van der Waals surface area contributed by atoms with Crippen molar-refractivity contribution in [2.45, 2.75) is 52.0 Å². The molecule has 3 atom stereocenters. The van der Waals surface area contributed by atoms with E-state index < -0.39 is 0 Å². The zero-order valence-corrected chi connectivity index (χ0v) is 12.9. The molecule has 3 unspecified atom stereocenters. The van der Waals surface area contributed by atoms with Gasteiger partial charge in [0.25, 0.3) is 0 Å². The van der Waals surface area contributed by atoms with Crippen LogP contribution in [-0.2, 0) is 4.79 Å². The van der Waals surface area contributed by atoms with Crippen LogP contribution in [0.15, 0.2) is 0 Å². The van der Waals surface area contributed by atoms with Crippen LogP contribution in [0.2, 0.25) is 0 Å². The van der Waals surface area contributed by atoms with E-state index in [-0.39, 0.29) is 0 Å². The van der Waals surface area contributed by atoms with E-state index in [4.69, 9.17) is 0 Å². The second kappa shape index (κ2) is 6.85. The molecule has 0 amide bonds. The van der Waals surface area contributed by atoms with Crippen LogP contribution in [-0.4, -0.2) is 54.9 Å². The Hall–Kier alpha value is -0.410. The van der Waals surface area contributed by atoms with E-state index in [9.17, 15) is 4.79 Å². The summed E-state index contributed by atoms with van der Waals surface area (Å²) in [6.07, 6.45) is 5.55. The number of carbonyl (C=O) groups excluding carboxylic acids is 1. The molecule has 3 nitrogen and oxygen atoms in total. The molecule has 1 saturated heterocycles. The van der Waals surface area contributed by atoms with Crippen LogP contribution in [0.5, 0.6) is 0 Å². The predicted octanol–water partition coefficient (Wildman–Crippen LogP) is 2.41. The van der Waals surface area contributed by atoms with E-state index in [0.717, 1.165) is 51.4 Å². The van der Waals surface area contributed by atoms with Crippen molar-refractivity contribution in [3.63, 3.8) is 0 Å². The molecule has 2 rings (SSSR count). The molecule has 0 N–H and O–H groups in total. The summed E-state index contributed by atoms with van der Waals surface area (Å²) in [4.78, 5) is 17.1. The summed E-state index contributed by atoms with van der Waals surface area (Å²) < 4.78 is 0. The largest absolute Gasteiger partial charge is 0.301 e. The third kappa shape index (κ3) is 3.79. The second-order valence-corrected chi connectivity index (χ2v) is 6.51. The number of hydrogen-bond acceptors (Lipinski definition) is 3. The average molecular weight is 266 g/mol. The zero-order chi connectivity index (χ0) is 13.8. The van der Waals surface area contributed by atoms with Crippen LogP contribution >= 0.6 is 0 Å². The summed E-state index contributed by atoms with van der Waals surface area (Å²) in [7, 11) is 2.23. The van der Waals surface area contributed by atoms with Crippen molar-refractivity contribution in [1.29, 1.82) is 0 Å². The number of Topliss-reactive ketones (excluding diaryl/α,β-unsaturated/α-hetero) is 1. The first kappa shape index (κ1) is 15.0. The van der Waals surface area contributed by atoms with Crippen molar-refractivity contribution in [3.8, 4) is 0 Å². The lowest BCUT2D eigenvalue weighted by Gasteiger charge is -2.41. The molecule has 0 bridgehead atoms. The van der Waals surface area contributed by atoms with Crippen LogP contribution in [0.1, 0.15) is 46.0 Å². The van der Waals surface area contributed by atoms with Gasteiger partial charge in [-0.3, -0.25) is 9.69 Å². The molecule has 2 aliphatic rings. The lowest BCUT2D eigenvalue weighted by atomic mass is 9.79. The standard InChI is InChI=1S/C16H30N2O/c1-4-13-6-7-16(19)14(10-13)11-18-9-8-17(3)15(5-2)12-18/h13-15H,4-12H2,1-3H3. The first-order valence-corrected chi connectivity index (χ1v) is 8.09. The van der Waals surface area contributed by atoms with E-state index in [1.54, 1.807) is 0 Å². The summed E-state index contributed by atoms with van der Waals surface area (Å²) in [5.74, 6) is 1.63. The molecule has 1 aliphatic heterocycles. The molecule has 0 aromatic carbocycles. The zero-order valence-electron chi connectivity index (χ0n) is 12.9. The Bertz CT molecular complexity index is 305. The maximum Gasteiger partial charge on any atom is 0.137 e. The lowest BCUT2D eigenvalue weighted by Crippen LogP contribution is -2.52. The van der Waals surface area contributed by atoms with Gasteiger partial charge in [0.1, 0.15) is 5.78 Å². The van der Waals surface area contributed by atoms with Gasteiger partial charge in [-0.15, -0.1) is 0 Å². The van der Waals surface area contributed by atoms with Crippen LogP contribution in [0.4, 0.5) is 0 Å². The van der Waals surface area contributed by atoms with Gasteiger partial charge in [0.05, 0.1) is 0 Å². The highest BCUT2D eigenvalue weighted by Crippen LogP contribution is 2.29. The van der Waals surface area contributed by atoms with E-state index >= 15 is 0 Å². The van der Waals surface area contributed by atoms with Crippen molar-refractivity contribution in [2.24, 2.45) is 11.8 Å². The molecule has 1 heterocycles. The number of nitrogens with zero attached hydrogens (tertiary/aromatic N) is 2. The Kier molecular flexibility index (Phi) is 5.40. The highest BCUT2D eigenvalue weighted by molar-refractivity contribution is 5.81. The predicted molar refractivity (Wildman–Crippen MR) is 79.3 cm³/mol. The molecule has 1 saturated carbocycles. The van der Waals surface area contributed by atoms with Crippen molar-refractivity contribution < 1.29 is 4.79 Å². The van der Waals surface area contributed by atoms with Crippen LogP contribution < -0.4 is 0 Å². The number of carbonyl (C=O) groups is 1. The minimum absolute atomic E-state index is 0.319. The highest BCUT2D eigenvalue weighted by atomic mass is 16.1. The molecule has 1 aliphatic carbocycles. The molecular formula is C16H30N2O. The first-order valence-electron chi connectivity index (χ1n) is 8.09. The molecule has 19 heavy (non-hydrogen) atoms. The number of ketones is 1. The molecule has 0 spiro atoms. The fraction of sp³-hybridized carbons (Fsp3) is 0.938. The summed E-state index contributed by atoms with van der Waals surface area (Å²) in [6.45, 7) is 8.97. The van der Waals surface area contributed by atoms with Crippen LogP contribution in [0, 0.1) is 11.8 Å².